The summed E-state index contributed by atoms with van der Waals surface area (Å²) in [5, 5.41) is 0. The maximum Gasteiger partial charge on any atom is 0.257 e. The second kappa shape index (κ2) is 7.79. The lowest BCUT2D eigenvalue weighted by Crippen LogP contribution is -2.48. The van der Waals surface area contributed by atoms with Gasteiger partial charge in [-0.05, 0) is 18.4 Å². The molecule has 5 nitrogen and oxygen atoms in total. The molecule has 5 heteroatoms. The second-order valence-corrected chi connectivity index (χ2v) is 7.01. The predicted octanol–water partition coefficient (Wildman–Crippen LogP) is 2.83. The van der Waals surface area contributed by atoms with E-state index < -0.39 is 0 Å². The highest BCUT2D eigenvalue weighted by Gasteiger charge is 2.27. The Balaban J connectivity index is 1.26. The van der Waals surface area contributed by atoms with Crippen molar-refractivity contribution in [3.05, 3.63) is 65.8 Å². The molecule has 0 spiro atoms. The summed E-state index contributed by atoms with van der Waals surface area (Å²) >= 11 is 0. The minimum absolute atomic E-state index is 0.0480. The van der Waals surface area contributed by atoms with Gasteiger partial charge in [0, 0.05) is 51.0 Å². The van der Waals surface area contributed by atoms with Crippen LogP contribution < -0.4 is 0 Å². The molecule has 26 heavy (non-hydrogen) atoms. The van der Waals surface area contributed by atoms with Gasteiger partial charge in [-0.25, -0.2) is 9.97 Å². The lowest BCUT2D eigenvalue weighted by Gasteiger charge is -2.34. The van der Waals surface area contributed by atoms with Crippen LogP contribution in [-0.2, 0) is 0 Å². The topological polar surface area (TPSA) is 49.3 Å². The van der Waals surface area contributed by atoms with Crippen LogP contribution in [-0.4, -0.2) is 58.4 Å². The highest BCUT2D eigenvalue weighted by Crippen LogP contribution is 2.37. The van der Waals surface area contributed by atoms with Crippen molar-refractivity contribution in [2.75, 3.05) is 32.7 Å². The summed E-state index contributed by atoms with van der Waals surface area (Å²) in [4.78, 5) is 25.6. The third kappa shape index (κ3) is 4.17. The number of nitrogens with zero attached hydrogens (tertiary/aromatic N) is 4. The van der Waals surface area contributed by atoms with E-state index >= 15 is 0 Å². The number of rotatable bonds is 5. The SMILES string of the molecule is O=C(c1cnc(C2CC2)nc1)N1CCN(C/C=C/c2ccccc2)CC1. The number of aromatic nitrogens is 2. The number of amides is 1. The Morgan fingerprint density at radius 1 is 1.04 bits per heavy atom. The van der Waals surface area contributed by atoms with Gasteiger partial charge in [0.25, 0.3) is 5.91 Å². The monoisotopic (exact) mass is 348 g/mol. The third-order valence-corrected chi connectivity index (χ3v) is 4.99. The standard InChI is InChI=1S/C21H24N4O/c26-21(19-15-22-20(23-16-19)18-8-9-18)25-13-11-24(12-14-25)10-4-7-17-5-2-1-3-6-17/h1-7,15-16,18H,8-14H2/b7-4+. The van der Waals surface area contributed by atoms with Gasteiger partial charge in [-0.1, -0.05) is 42.5 Å². The molecule has 1 aromatic carbocycles. The molecule has 1 amide bonds. The van der Waals surface area contributed by atoms with Gasteiger partial charge in [-0.3, -0.25) is 9.69 Å². The van der Waals surface area contributed by atoms with Crippen LogP contribution in [0, 0.1) is 0 Å². The molecule has 2 fully saturated rings. The molecule has 1 saturated carbocycles. The van der Waals surface area contributed by atoms with Gasteiger partial charge in [0.2, 0.25) is 0 Å². The summed E-state index contributed by atoms with van der Waals surface area (Å²) < 4.78 is 0. The van der Waals surface area contributed by atoms with Gasteiger partial charge < -0.3 is 4.90 Å². The van der Waals surface area contributed by atoms with Crippen LogP contribution >= 0.6 is 0 Å². The molecule has 1 aliphatic carbocycles. The van der Waals surface area contributed by atoms with Gasteiger partial charge in [-0.15, -0.1) is 0 Å². The molecule has 1 aromatic heterocycles. The Kier molecular flexibility index (Phi) is 5.07. The minimum Gasteiger partial charge on any atom is -0.336 e. The van der Waals surface area contributed by atoms with Gasteiger partial charge in [0.15, 0.2) is 0 Å². The lowest BCUT2D eigenvalue weighted by molar-refractivity contribution is 0.0649. The zero-order valence-electron chi connectivity index (χ0n) is 14.9. The van der Waals surface area contributed by atoms with Crippen LogP contribution in [0.15, 0.2) is 48.8 Å². The number of piperazine rings is 1. The first-order chi connectivity index (χ1) is 12.8. The highest BCUT2D eigenvalue weighted by atomic mass is 16.2. The van der Waals surface area contributed by atoms with E-state index in [2.05, 4.69) is 39.2 Å². The van der Waals surface area contributed by atoms with Crippen LogP contribution in [0.3, 0.4) is 0 Å². The largest absolute Gasteiger partial charge is 0.336 e. The summed E-state index contributed by atoms with van der Waals surface area (Å²) in [5.74, 6) is 1.45. The average Bonchev–Trinajstić information content (AvgIpc) is 3.54. The first kappa shape index (κ1) is 16.9. The highest BCUT2D eigenvalue weighted by molar-refractivity contribution is 5.93. The minimum atomic E-state index is 0.0480. The second-order valence-electron chi connectivity index (χ2n) is 7.01. The van der Waals surface area contributed by atoms with E-state index in [1.165, 1.54) is 18.4 Å². The maximum absolute atomic E-state index is 12.6. The normalized spacial score (nSPS) is 18.4. The lowest BCUT2D eigenvalue weighted by atomic mass is 10.2. The molecule has 2 aliphatic rings. The Morgan fingerprint density at radius 2 is 1.73 bits per heavy atom. The van der Waals surface area contributed by atoms with Gasteiger partial charge in [-0.2, -0.15) is 0 Å². The average molecular weight is 348 g/mol. The molecular weight excluding hydrogens is 324 g/mol. The van der Waals surface area contributed by atoms with Crippen LogP contribution in [0.2, 0.25) is 0 Å². The fourth-order valence-electron chi connectivity index (χ4n) is 3.22. The van der Waals surface area contributed by atoms with Crippen LogP contribution in [0.5, 0.6) is 0 Å². The van der Waals surface area contributed by atoms with Crippen molar-refractivity contribution in [2.24, 2.45) is 0 Å². The fraction of sp³-hybridized carbons (Fsp3) is 0.381. The van der Waals surface area contributed by atoms with Crippen molar-refractivity contribution in [1.29, 1.82) is 0 Å². The van der Waals surface area contributed by atoms with Crippen molar-refractivity contribution in [1.82, 2.24) is 19.8 Å². The number of hydrogen-bond acceptors (Lipinski definition) is 4. The van der Waals surface area contributed by atoms with Crippen molar-refractivity contribution < 1.29 is 4.79 Å². The molecule has 0 unspecified atom stereocenters. The van der Waals surface area contributed by atoms with E-state index in [4.69, 9.17) is 0 Å². The van der Waals surface area contributed by atoms with E-state index in [0.29, 0.717) is 11.5 Å². The Bertz CT molecular complexity index is 760. The summed E-state index contributed by atoms with van der Waals surface area (Å²) in [5.41, 5.74) is 1.82. The Hall–Kier alpha value is -2.53. The molecule has 2 heterocycles. The van der Waals surface area contributed by atoms with Crippen molar-refractivity contribution in [3.63, 3.8) is 0 Å². The van der Waals surface area contributed by atoms with E-state index in [1.54, 1.807) is 12.4 Å². The van der Waals surface area contributed by atoms with E-state index in [9.17, 15) is 4.79 Å². The van der Waals surface area contributed by atoms with Crippen molar-refractivity contribution in [2.45, 2.75) is 18.8 Å². The number of hydrogen-bond donors (Lipinski definition) is 0. The zero-order valence-corrected chi connectivity index (χ0v) is 14.9. The number of carbonyl (C=O) groups excluding carboxylic acids is 1. The van der Waals surface area contributed by atoms with Crippen LogP contribution in [0.1, 0.15) is 40.5 Å². The van der Waals surface area contributed by atoms with Gasteiger partial charge in [0.05, 0.1) is 5.56 Å². The zero-order chi connectivity index (χ0) is 17.8. The number of benzene rings is 1. The molecule has 0 radical (unpaired) electrons. The summed E-state index contributed by atoms with van der Waals surface area (Å²) in [6, 6.07) is 10.3. The summed E-state index contributed by atoms with van der Waals surface area (Å²) in [6.45, 7) is 4.21. The Morgan fingerprint density at radius 3 is 2.38 bits per heavy atom. The summed E-state index contributed by atoms with van der Waals surface area (Å²) in [6.07, 6.45) is 10.1. The Labute approximate surface area is 154 Å². The van der Waals surface area contributed by atoms with Crippen LogP contribution in [0.4, 0.5) is 0 Å². The van der Waals surface area contributed by atoms with Crippen molar-refractivity contribution >= 4 is 12.0 Å². The predicted molar refractivity (Wildman–Crippen MR) is 102 cm³/mol. The van der Waals surface area contributed by atoms with Gasteiger partial charge in [0.1, 0.15) is 5.82 Å². The molecule has 0 atom stereocenters. The summed E-state index contributed by atoms with van der Waals surface area (Å²) in [7, 11) is 0. The van der Waals surface area contributed by atoms with E-state index in [-0.39, 0.29) is 5.91 Å². The first-order valence-electron chi connectivity index (χ1n) is 9.35. The van der Waals surface area contributed by atoms with Gasteiger partial charge >= 0.3 is 0 Å². The molecule has 1 aliphatic heterocycles. The quantitative estimate of drug-likeness (QED) is 0.834. The maximum atomic E-state index is 12.6. The molecule has 1 saturated heterocycles. The molecule has 134 valence electrons. The smallest absolute Gasteiger partial charge is 0.257 e. The number of carbonyl (C=O) groups is 1. The third-order valence-electron chi connectivity index (χ3n) is 4.99. The first-order valence-corrected chi connectivity index (χ1v) is 9.35. The van der Waals surface area contributed by atoms with E-state index in [1.807, 2.05) is 23.1 Å². The van der Waals surface area contributed by atoms with Crippen LogP contribution in [0.25, 0.3) is 6.08 Å². The molecular formula is C21H24N4O. The molecule has 4 rings (SSSR count). The molecule has 0 N–H and O–H groups in total. The van der Waals surface area contributed by atoms with Crippen molar-refractivity contribution in [3.8, 4) is 0 Å². The molecule has 2 aromatic rings. The van der Waals surface area contributed by atoms with E-state index in [0.717, 1.165) is 38.5 Å². The molecule has 0 bridgehead atoms. The fourth-order valence-corrected chi connectivity index (χ4v) is 3.22.